The summed E-state index contributed by atoms with van der Waals surface area (Å²) in [6.45, 7) is 5.48. The van der Waals surface area contributed by atoms with Crippen LogP contribution in [0.4, 0.5) is 0 Å². The molecule has 0 radical (unpaired) electrons. The van der Waals surface area contributed by atoms with Crippen LogP contribution in [0.25, 0.3) is 5.70 Å². The minimum absolute atomic E-state index is 0.183. The number of nitrogens with two attached hydrogens (primary N) is 1. The lowest BCUT2D eigenvalue weighted by Crippen LogP contribution is -1.94. The van der Waals surface area contributed by atoms with E-state index in [0.29, 0.717) is 11.3 Å². The third kappa shape index (κ3) is 1.52. The molecule has 2 nitrogen and oxygen atoms in total. The first-order chi connectivity index (χ1) is 5.11. The van der Waals surface area contributed by atoms with Gasteiger partial charge < -0.3 is 10.8 Å². The Labute approximate surface area is 66.0 Å². The third-order valence-electron chi connectivity index (χ3n) is 1.50. The van der Waals surface area contributed by atoms with E-state index in [4.69, 9.17) is 5.73 Å². The molecule has 3 N–H and O–H groups in total. The van der Waals surface area contributed by atoms with Crippen LogP contribution in [0.1, 0.15) is 11.1 Å². The summed E-state index contributed by atoms with van der Waals surface area (Å²) >= 11 is 0. The predicted octanol–water partition coefficient (Wildman–Crippen LogP) is 1.63. The molecule has 0 heterocycles. The lowest BCUT2D eigenvalue weighted by Gasteiger charge is -2.03. The standard InChI is InChI=1S/C9H11NO/c1-6-3-4-9(11)8(5-6)7(2)10/h3-5,11H,2,10H2,1H3. The fraction of sp³-hybridized carbons (Fsp3) is 0.111. The van der Waals surface area contributed by atoms with Crippen LogP contribution in [0, 0.1) is 6.92 Å². The van der Waals surface area contributed by atoms with Gasteiger partial charge in [-0.25, -0.2) is 0 Å². The Morgan fingerprint density at radius 2 is 2.18 bits per heavy atom. The number of aromatic hydroxyl groups is 1. The maximum absolute atomic E-state index is 9.26. The van der Waals surface area contributed by atoms with Gasteiger partial charge in [0, 0.05) is 11.3 Å². The molecule has 0 atom stereocenters. The van der Waals surface area contributed by atoms with E-state index in [2.05, 4.69) is 6.58 Å². The molecule has 1 aromatic carbocycles. The second-order valence-electron chi connectivity index (χ2n) is 2.55. The van der Waals surface area contributed by atoms with Gasteiger partial charge in [-0.15, -0.1) is 0 Å². The van der Waals surface area contributed by atoms with Crippen molar-refractivity contribution in [1.82, 2.24) is 0 Å². The van der Waals surface area contributed by atoms with Gasteiger partial charge in [-0.2, -0.15) is 0 Å². The van der Waals surface area contributed by atoms with Crippen molar-refractivity contribution in [3.05, 3.63) is 35.9 Å². The van der Waals surface area contributed by atoms with Crippen LogP contribution in [-0.4, -0.2) is 5.11 Å². The van der Waals surface area contributed by atoms with Crippen molar-refractivity contribution in [2.24, 2.45) is 5.73 Å². The second-order valence-corrected chi connectivity index (χ2v) is 2.55. The topological polar surface area (TPSA) is 46.2 Å². The lowest BCUT2D eigenvalue weighted by atomic mass is 10.1. The van der Waals surface area contributed by atoms with Crippen molar-refractivity contribution >= 4 is 5.70 Å². The molecule has 0 bridgehead atoms. The maximum atomic E-state index is 9.26. The fourth-order valence-electron chi connectivity index (χ4n) is 0.907. The molecule has 0 fully saturated rings. The highest BCUT2D eigenvalue weighted by atomic mass is 16.3. The Hall–Kier alpha value is -1.44. The van der Waals surface area contributed by atoms with E-state index in [1.54, 1.807) is 12.1 Å². The van der Waals surface area contributed by atoms with Gasteiger partial charge in [-0.3, -0.25) is 0 Å². The van der Waals surface area contributed by atoms with Crippen LogP contribution in [-0.2, 0) is 0 Å². The van der Waals surface area contributed by atoms with Gasteiger partial charge in [-0.1, -0.05) is 18.2 Å². The van der Waals surface area contributed by atoms with Crippen LogP contribution < -0.4 is 5.73 Å². The first-order valence-corrected chi connectivity index (χ1v) is 3.35. The molecule has 1 rings (SSSR count). The van der Waals surface area contributed by atoms with Gasteiger partial charge >= 0.3 is 0 Å². The minimum atomic E-state index is 0.183. The van der Waals surface area contributed by atoms with Gasteiger partial charge in [0.1, 0.15) is 5.75 Å². The smallest absolute Gasteiger partial charge is 0.124 e. The Balaban J connectivity index is 3.23. The Morgan fingerprint density at radius 1 is 1.55 bits per heavy atom. The number of benzene rings is 1. The van der Waals surface area contributed by atoms with Gasteiger partial charge in [-0.05, 0) is 19.1 Å². The molecule has 0 amide bonds. The molecule has 2 heteroatoms. The van der Waals surface area contributed by atoms with Gasteiger partial charge in [0.15, 0.2) is 0 Å². The van der Waals surface area contributed by atoms with E-state index in [0.717, 1.165) is 5.56 Å². The largest absolute Gasteiger partial charge is 0.507 e. The number of phenolic OH excluding ortho intramolecular Hbond substituents is 1. The summed E-state index contributed by atoms with van der Waals surface area (Å²) in [5.74, 6) is 0.183. The van der Waals surface area contributed by atoms with Crippen molar-refractivity contribution in [3.63, 3.8) is 0 Å². The van der Waals surface area contributed by atoms with Crippen molar-refractivity contribution in [2.75, 3.05) is 0 Å². The summed E-state index contributed by atoms with van der Waals surface area (Å²) in [6.07, 6.45) is 0. The summed E-state index contributed by atoms with van der Waals surface area (Å²) in [4.78, 5) is 0. The van der Waals surface area contributed by atoms with E-state index in [1.807, 2.05) is 13.0 Å². The summed E-state index contributed by atoms with van der Waals surface area (Å²) in [5.41, 5.74) is 7.50. The molecule has 0 unspecified atom stereocenters. The minimum Gasteiger partial charge on any atom is -0.507 e. The first kappa shape index (κ1) is 7.66. The van der Waals surface area contributed by atoms with Crippen molar-refractivity contribution < 1.29 is 5.11 Å². The molecule has 0 aromatic heterocycles. The van der Waals surface area contributed by atoms with Crippen LogP contribution in [0.5, 0.6) is 5.75 Å². The zero-order valence-electron chi connectivity index (χ0n) is 6.46. The van der Waals surface area contributed by atoms with Gasteiger partial charge in [0.2, 0.25) is 0 Å². The molecule has 0 spiro atoms. The van der Waals surface area contributed by atoms with Crippen LogP contribution in [0.15, 0.2) is 24.8 Å². The highest BCUT2D eigenvalue weighted by molar-refractivity contribution is 5.66. The second kappa shape index (κ2) is 2.66. The highest BCUT2D eigenvalue weighted by Gasteiger charge is 2.00. The third-order valence-corrected chi connectivity index (χ3v) is 1.50. The number of rotatable bonds is 1. The highest BCUT2D eigenvalue weighted by Crippen LogP contribution is 2.21. The first-order valence-electron chi connectivity index (χ1n) is 3.35. The van der Waals surface area contributed by atoms with Crippen LogP contribution in [0.2, 0.25) is 0 Å². The number of hydrogen-bond acceptors (Lipinski definition) is 2. The summed E-state index contributed by atoms with van der Waals surface area (Å²) in [6, 6.07) is 5.24. The fourth-order valence-corrected chi connectivity index (χ4v) is 0.907. The molecule has 0 aliphatic carbocycles. The predicted molar refractivity (Wildman–Crippen MR) is 46.1 cm³/mol. The zero-order valence-corrected chi connectivity index (χ0v) is 6.46. The normalized spacial score (nSPS) is 9.55. The summed E-state index contributed by atoms with van der Waals surface area (Å²) in [7, 11) is 0. The average molecular weight is 149 g/mol. The van der Waals surface area contributed by atoms with E-state index in [9.17, 15) is 5.11 Å². The molecule has 11 heavy (non-hydrogen) atoms. The molecule has 0 saturated heterocycles. The van der Waals surface area contributed by atoms with E-state index in [1.165, 1.54) is 0 Å². The lowest BCUT2D eigenvalue weighted by molar-refractivity contribution is 0.473. The molecule has 1 aromatic rings. The molecule has 0 aliphatic rings. The summed E-state index contributed by atoms with van der Waals surface area (Å²) < 4.78 is 0. The summed E-state index contributed by atoms with van der Waals surface area (Å²) in [5, 5.41) is 9.26. The zero-order chi connectivity index (χ0) is 8.43. The monoisotopic (exact) mass is 149 g/mol. The van der Waals surface area contributed by atoms with Crippen molar-refractivity contribution in [1.29, 1.82) is 0 Å². The van der Waals surface area contributed by atoms with E-state index < -0.39 is 0 Å². The number of phenols is 1. The average Bonchev–Trinajstić information content (AvgIpc) is 1.94. The molecular formula is C9H11NO. The van der Waals surface area contributed by atoms with E-state index >= 15 is 0 Å². The number of aryl methyl sites for hydroxylation is 1. The molecule has 0 saturated carbocycles. The maximum Gasteiger partial charge on any atom is 0.124 e. The number of hydrogen-bond donors (Lipinski definition) is 2. The van der Waals surface area contributed by atoms with E-state index in [-0.39, 0.29) is 5.75 Å². The Bertz CT molecular complexity index is 292. The Morgan fingerprint density at radius 3 is 2.64 bits per heavy atom. The van der Waals surface area contributed by atoms with Gasteiger partial charge in [0.05, 0.1) is 0 Å². The van der Waals surface area contributed by atoms with Crippen LogP contribution >= 0.6 is 0 Å². The van der Waals surface area contributed by atoms with Crippen molar-refractivity contribution in [3.8, 4) is 5.75 Å². The van der Waals surface area contributed by atoms with Crippen molar-refractivity contribution in [2.45, 2.75) is 6.92 Å². The quantitative estimate of drug-likeness (QED) is 0.637. The van der Waals surface area contributed by atoms with Gasteiger partial charge in [0.25, 0.3) is 0 Å². The molecular weight excluding hydrogens is 138 g/mol. The SMILES string of the molecule is C=C(N)c1cc(C)ccc1O. The Kier molecular flexibility index (Phi) is 1.85. The van der Waals surface area contributed by atoms with Crippen LogP contribution in [0.3, 0.4) is 0 Å². The molecule has 58 valence electrons. The molecule has 0 aliphatic heterocycles.